The maximum Gasteiger partial charge on any atom is 0.193 e. The van der Waals surface area contributed by atoms with Gasteiger partial charge in [-0.2, -0.15) is 0 Å². The number of likely N-dealkylation sites (N-methyl/N-ethyl adjacent to an activating group) is 1. The standard InChI is InChI=1S/C21H32N4OS.HI/c1-22-21(25(4)14-12-20-7-5-16-27-20)23-17-18-8-10-19(11-9-18)26-15-6-13-24(2)3;/h5,7-11,16H,6,12-15,17H2,1-4H3,(H,22,23);1H. The summed E-state index contributed by atoms with van der Waals surface area (Å²) in [5.41, 5.74) is 1.21. The van der Waals surface area contributed by atoms with E-state index < -0.39 is 0 Å². The molecule has 0 atom stereocenters. The minimum atomic E-state index is 0. The van der Waals surface area contributed by atoms with E-state index in [1.54, 1.807) is 11.3 Å². The lowest BCUT2D eigenvalue weighted by Gasteiger charge is -2.22. The Kier molecular flexibility index (Phi) is 12.2. The van der Waals surface area contributed by atoms with Crippen LogP contribution in [0.4, 0.5) is 0 Å². The highest BCUT2D eigenvalue weighted by Crippen LogP contribution is 2.13. The van der Waals surface area contributed by atoms with E-state index in [9.17, 15) is 0 Å². The van der Waals surface area contributed by atoms with Gasteiger partial charge in [0.1, 0.15) is 5.75 Å². The molecule has 0 unspecified atom stereocenters. The molecule has 0 fully saturated rings. The maximum atomic E-state index is 5.79. The van der Waals surface area contributed by atoms with Gasteiger partial charge in [-0.05, 0) is 56.1 Å². The Labute approximate surface area is 190 Å². The van der Waals surface area contributed by atoms with Crippen LogP contribution in [0.25, 0.3) is 0 Å². The number of thiophene rings is 1. The lowest BCUT2D eigenvalue weighted by molar-refractivity contribution is 0.281. The molecule has 0 aliphatic rings. The largest absolute Gasteiger partial charge is 0.494 e. The van der Waals surface area contributed by atoms with Crippen LogP contribution in [0.2, 0.25) is 0 Å². The Morgan fingerprint density at radius 2 is 1.86 bits per heavy atom. The average molecular weight is 516 g/mol. The molecule has 0 amide bonds. The number of halogens is 1. The van der Waals surface area contributed by atoms with Crippen LogP contribution < -0.4 is 10.1 Å². The van der Waals surface area contributed by atoms with Crippen molar-refractivity contribution < 1.29 is 4.74 Å². The van der Waals surface area contributed by atoms with Crippen LogP contribution in [0, 0.1) is 0 Å². The van der Waals surface area contributed by atoms with Gasteiger partial charge in [-0.3, -0.25) is 4.99 Å². The van der Waals surface area contributed by atoms with Crippen molar-refractivity contribution in [2.45, 2.75) is 19.4 Å². The fourth-order valence-corrected chi connectivity index (χ4v) is 3.38. The van der Waals surface area contributed by atoms with Crippen LogP contribution in [-0.4, -0.2) is 63.6 Å². The highest BCUT2D eigenvalue weighted by molar-refractivity contribution is 14.0. The number of hydrogen-bond donors (Lipinski definition) is 1. The molecule has 1 N–H and O–H groups in total. The van der Waals surface area contributed by atoms with Gasteiger partial charge in [0.05, 0.1) is 6.61 Å². The van der Waals surface area contributed by atoms with Gasteiger partial charge >= 0.3 is 0 Å². The molecule has 2 rings (SSSR count). The van der Waals surface area contributed by atoms with Crippen molar-refractivity contribution in [3.8, 4) is 5.75 Å². The molecule has 5 nitrogen and oxygen atoms in total. The summed E-state index contributed by atoms with van der Waals surface area (Å²) in [5, 5.41) is 5.56. The van der Waals surface area contributed by atoms with Crippen molar-refractivity contribution in [2.24, 2.45) is 4.99 Å². The third-order valence-electron chi connectivity index (χ3n) is 4.24. The first kappa shape index (κ1) is 24.7. The van der Waals surface area contributed by atoms with Gasteiger partial charge in [0, 0.05) is 38.6 Å². The molecule has 0 saturated heterocycles. The molecule has 2 aromatic rings. The second-order valence-electron chi connectivity index (χ2n) is 6.80. The lowest BCUT2D eigenvalue weighted by Crippen LogP contribution is -2.39. The van der Waals surface area contributed by atoms with Crippen molar-refractivity contribution in [1.82, 2.24) is 15.1 Å². The van der Waals surface area contributed by atoms with E-state index in [1.165, 1.54) is 10.4 Å². The first-order valence-corrected chi connectivity index (χ1v) is 10.3. The lowest BCUT2D eigenvalue weighted by atomic mass is 10.2. The number of ether oxygens (including phenoxy) is 1. The molecule has 0 radical (unpaired) electrons. The maximum absolute atomic E-state index is 5.79. The topological polar surface area (TPSA) is 40.1 Å². The minimum Gasteiger partial charge on any atom is -0.494 e. The minimum absolute atomic E-state index is 0. The van der Waals surface area contributed by atoms with Crippen molar-refractivity contribution in [3.05, 3.63) is 52.2 Å². The molecule has 7 heteroatoms. The third kappa shape index (κ3) is 9.25. The number of benzene rings is 1. The summed E-state index contributed by atoms with van der Waals surface area (Å²) < 4.78 is 5.79. The Balaban J connectivity index is 0.00000392. The van der Waals surface area contributed by atoms with Crippen LogP contribution in [-0.2, 0) is 13.0 Å². The Morgan fingerprint density at radius 1 is 1.11 bits per heavy atom. The zero-order valence-corrected chi connectivity index (χ0v) is 20.5. The zero-order chi connectivity index (χ0) is 19.5. The van der Waals surface area contributed by atoms with Gasteiger partial charge in [-0.1, -0.05) is 18.2 Å². The molecular weight excluding hydrogens is 483 g/mol. The fourth-order valence-electron chi connectivity index (χ4n) is 2.68. The summed E-state index contributed by atoms with van der Waals surface area (Å²) >= 11 is 1.80. The van der Waals surface area contributed by atoms with E-state index in [2.05, 4.69) is 70.9 Å². The zero-order valence-electron chi connectivity index (χ0n) is 17.4. The van der Waals surface area contributed by atoms with E-state index in [-0.39, 0.29) is 24.0 Å². The van der Waals surface area contributed by atoms with Crippen LogP contribution in [0.1, 0.15) is 16.9 Å². The van der Waals surface area contributed by atoms with Gasteiger partial charge in [0.2, 0.25) is 0 Å². The molecule has 1 heterocycles. The molecule has 0 saturated carbocycles. The van der Waals surface area contributed by atoms with Crippen molar-refractivity contribution in [3.63, 3.8) is 0 Å². The van der Waals surface area contributed by atoms with Gasteiger partial charge in [0.15, 0.2) is 5.96 Å². The smallest absolute Gasteiger partial charge is 0.193 e. The second-order valence-corrected chi connectivity index (χ2v) is 7.83. The van der Waals surface area contributed by atoms with E-state index in [1.807, 2.05) is 19.2 Å². The van der Waals surface area contributed by atoms with Crippen LogP contribution in [0.15, 0.2) is 46.8 Å². The molecule has 0 aliphatic heterocycles. The monoisotopic (exact) mass is 516 g/mol. The molecule has 0 spiro atoms. The number of guanidine groups is 1. The van der Waals surface area contributed by atoms with Crippen LogP contribution in [0.5, 0.6) is 5.75 Å². The SMILES string of the molecule is CN=C(NCc1ccc(OCCCN(C)C)cc1)N(C)CCc1cccs1.I. The molecule has 28 heavy (non-hydrogen) atoms. The molecule has 0 aliphatic carbocycles. The summed E-state index contributed by atoms with van der Waals surface area (Å²) in [6, 6.07) is 12.6. The van der Waals surface area contributed by atoms with Gasteiger partial charge in [0.25, 0.3) is 0 Å². The van der Waals surface area contributed by atoms with Crippen molar-refractivity contribution in [1.29, 1.82) is 0 Å². The van der Waals surface area contributed by atoms with Gasteiger partial charge in [-0.25, -0.2) is 0 Å². The highest BCUT2D eigenvalue weighted by Gasteiger charge is 2.06. The van der Waals surface area contributed by atoms with Gasteiger partial charge in [-0.15, -0.1) is 35.3 Å². The predicted molar refractivity (Wildman–Crippen MR) is 131 cm³/mol. The second kappa shape index (κ2) is 13.8. The summed E-state index contributed by atoms with van der Waals surface area (Å²) in [6.07, 6.45) is 2.07. The van der Waals surface area contributed by atoms with E-state index >= 15 is 0 Å². The summed E-state index contributed by atoms with van der Waals surface area (Å²) in [5.74, 6) is 1.84. The summed E-state index contributed by atoms with van der Waals surface area (Å²) in [4.78, 5) is 10.1. The molecule has 1 aromatic heterocycles. The number of hydrogen-bond acceptors (Lipinski definition) is 4. The van der Waals surface area contributed by atoms with E-state index in [0.29, 0.717) is 0 Å². The van der Waals surface area contributed by atoms with E-state index in [4.69, 9.17) is 4.74 Å². The molecule has 156 valence electrons. The van der Waals surface area contributed by atoms with Crippen LogP contribution >= 0.6 is 35.3 Å². The number of rotatable bonds is 10. The summed E-state index contributed by atoms with van der Waals surface area (Å²) in [7, 11) is 8.06. The average Bonchev–Trinajstić information content (AvgIpc) is 3.18. The van der Waals surface area contributed by atoms with Gasteiger partial charge < -0.3 is 19.9 Å². The summed E-state index contributed by atoms with van der Waals surface area (Å²) in [6.45, 7) is 3.48. The van der Waals surface area contributed by atoms with Crippen molar-refractivity contribution >= 4 is 41.3 Å². The number of nitrogens with one attached hydrogen (secondary N) is 1. The Bertz CT molecular complexity index is 674. The first-order chi connectivity index (χ1) is 13.1. The van der Waals surface area contributed by atoms with Crippen LogP contribution in [0.3, 0.4) is 0 Å². The Hall–Kier alpha value is -1.32. The quantitative estimate of drug-likeness (QED) is 0.225. The number of nitrogens with zero attached hydrogens (tertiary/aromatic N) is 3. The first-order valence-electron chi connectivity index (χ1n) is 9.39. The van der Waals surface area contributed by atoms with E-state index in [0.717, 1.165) is 50.8 Å². The predicted octanol–water partition coefficient (Wildman–Crippen LogP) is 3.95. The highest BCUT2D eigenvalue weighted by atomic mass is 127. The Morgan fingerprint density at radius 3 is 2.46 bits per heavy atom. The molecule has 0 bridgehead atoms. The molecule has 1 aromatic carbocycles. The molecular formula is C21H33IN4OS. The van der Waals surface area contributed by atoms with Crippen molar-refractivity contribution in [2.75, 3.05) is 47.9 Å². The normalized spacial score (nSPS) is 11.2. The number of aliphatic imine (C=N–C) groups is 1. The fraction of sp³-hybridized carbons (Fsp3) is 0.476. The third-order valence-corrected chi connectivity index (χ3v) is 5.18.